The van der Waals surface area contributed by atoms with Crippen molar-refractivity contribution in [1.82, 2.24) is 19.5 Å². The van der Waals surface area contributed by atoms with Gasteiger partial charge in [-0.05, 0) is 36.4 Å². The van der Waals surface area contributed by atoms with Gasteiger partial charge in [-0.25, -0.2) is 9.97 Å². The zero-order chi connectivity index (χ0) is 19.6. The van der Waals surface area contributed by atoms with Crippen LogP contribution in [0, 0.1) is 0 Å². The first-order chi connectivity index (χ1) is 14.3. The Morgan fingerprint density at radius 3 is 2.69 bits per heavy atom. The van der Waals surface area contributed by atoms with Gasteiger partial charge in [0.2, 0.25) is 5.91 Å². The van der Waals surface area contributed by atoms with E-state index in [1.807, 2.05) is 77.4 Å². The van der Waals surface area contributed by atoms with Gasteiger partial charge < -0.3 is 14.9 Å². The van der Waals surface area contributed by atoms with E-state index in [9.17, 15) is 4.79 Å². The molecule has 142 valence electrons. The molecule has 5 rings (SSSR count). The highest BCUT2D eigenvalue weighted by molar-refractivity contribution is 5.91. The van der Waals surface area contributed by atoms with Crippen LogP contribution in [0.3, 0.4) is 0 Å². The lowest BCUT2D eigenvalue weighted by Gasteiger charge is -2.08. The number of aromatic amines is 1. The molecule has 0 saturated heterocycles. The number of amides is 1. The fourth-order valence-corrected chi connectivity index (χ4v) is 3.47. The molecule has 0 atom stereocenters. The number of H-pyrrole nitrogens is 1. The summed E-state index contributed by atoms with van der Waals surface area (Å²) in [7, 11) is 0. The maximum Gasteiger partial charge on any atom is 0.226 e. The van der Waals surface area contributed by atoms with E-state index in [0.717, 1.165) is 39.1 Å². The molecular formula is C23H19N5O. The molecule has 0 radical (unpaired) electrons. The predicted molar refractivity (Wildman–Crippen MR) is 115 cm³/mol. The number of benzene rings is 3. The normalized spacial score (nSPS) is 11.2. The summed E-state index contributed by atoms with van der Waals surface area (Å²) in [6.45, 7) is 0.579. The standard InChI is InChI=1S/C23H19N5O/c29-22(12-13-28-15-24-20-10-3-4-11-21(20)28)25-17-7-5-6-16(14-17)23-26-18-8-1-2-9-19(18)27-23/h1-11,14-15H,12-13H2,(H,25,29)(H,26,27). The van der Waals surface area contributed by atoms with Crippen molar-refractivity contribution in [3.8, 4) is 11.4 Å². The van der Waals surface area contributed by atoms with Crippen LogP contribution in [0.15, 0.2) is 79.1 Å². The number of hydrogen-bond donors (Lipinski definition) is 2. The number of imidazole rings is 2. The second kappa shape index (κ2) is 7.24. The summed E-state index contributed by atoms with van der Waals surface area (Å²) in [4.78, 5) is 24.8. The molecule has 6 heteroatoms. The van der Waals surface area contributed by atoms with Crippen molar-refractivity contribution in [3.05, 3.63) is 79.1 Å². The molecule has 0 aliphatic heterocycles. The molecule has 0 aliphatic rings. The van der Waals surface area contributed by atoms with Crippen LogP contribution in [0.25, 0.3) is 33.5 Å². The SMILES string of the molecule is O=C(CCn1cnc2ccccc21)Nc1cccc(-c2nc3ccccc3[nH]2)c1. The van der Waals surface area contributed by atoms with Crippen LogP contribution in [0.2, 0.25) is 0 Å². The lowest BCUT2D eigenvalue weighted by Crippen LogP contribution is -2.14. The topological polar surface area (TPSA) is 75.6 Å². The zero-order valence-corrected chi connectivity index (χ0v) is 15.7. The third-order valence-corrected chi connectivity index (χ3v) is 4.92. The van der Waals surface area contributed by atoms with E-state index in [4.69, 9.17) is 0 Å². The molecule has 0 bridgehead atoms. The Hall–Kier alpha value is -3.93. The Morgan fingerprint density at radius 2 is 1.79 bits per heavy atom. The molecule has 0 aliphatic carbocycles. The number of nitrogens with one attached hydrogen (secondary N) is 2. The number of para-hydroxylation sites is 4. The predicted octanol–water partition coefficient (Wildman–Crippen LogP) is 4.61. The van der Waals surface area contributed by atoms with Crippen molar-refractivity contribution < 1.29 is 4.79 Å². The number of rotatable bonds is 5. The van der Waals surface area contributed by atoms with Gasteiger partial charge in [0.15, 0.2) is 0 Å². The van der Waals surface area contributed by atoms with Gasteiger partial charge in [0.1, 0.15) is 5.82 Å². The van der Waals surface area contributed by atoms with Gasteiger partial charge in [-0.15, -0.1) is 0 Å². The van der Waals surface area contributed by atoms with Gasteiger partial charge in [-0.1, -0.05) is 36.4 Å². The summed E-state index contributed by atoms with van der Waals surface area (Å²) in [5.74, 6) is 0.747. The lowest BCUT2D eigenvalue weighted by molar-refractivity contribution is -0.116. The van der Waals surface area contributed by atoms with Crippen molar-refractivity contribution in [2.45, 2.75) is 13.0 Å². The molecule has 0 saturated carbocycles. The molecular weight excluding hydrogens is 362 g/mol. The Labute approximate surface area is 167 Å². The Balaban J connectivity index is 1.29. The Bertz CT molecular complexity index is 1280. The third-order valence-electron chi connectivity index (χ3n) is 4.92. The number of aromatic nitrogens is 4. The largest absolute Gasteiger partial charge is 0.338 e. The highest BCUT2D eigenvalue weighted by Crippen LogP contribution is 2.23. The average molecular weight is 381 g/mol. The minimum absolute atomic E-state index is 0.0375. The summed E-state index contributed by atoms with van der Waals surface area (Å²) in [5.41, 5.74) is 5.57. The van der Waals surface area contributed by atoms with Crippen LogP contribution in [0.4, 0.5) is 5.69 Å². The van der Waals surface area contributed by atoms with Crippen molar-refractivity contribution in [3.63, 3.8) is 0 Å². The maximum absolute atomic E-state index is 12.5. The van der Waals surface area contributed by atoms with Gasteiger partial charge in [-0.2, -0.15) is 0 Å². The van der Waals surface area contributed by atoms with Gasteiger partial charge in [0.05, 0.1) is 28.4 Å². The molecule has 2 N–H and O–H groups in total. The van der Waals surface area contributed by atoms with Gasteiger partial charge in [0.25, 0.3) is 0 Å². The van der Waals surface area contributed by atoms with Crippen LogP contribution in [-0.2, 0) is 11.3 Å². The summed E-state index contributed by atoms with van der Waals surface area (Å²) in [6.07, 6.45) is 2.15. The van der Waals surface area contributed by atoms with Crippen molar-refractivity contribution in [2.24, 2.45) is 0 Å². The van der Waals surface area contributed by atoms with Crippen LogP contribution >= 0.6 is 0 Å². The van der Waals surface area contributed by atoms with Crippen LogP contribution in [0.5, 0.6) is 0 Å². The molecule has 2 heterocycles. The van der Waals surface area contributed by atoms with Crippen LogP contribution in [-0.4, -0.2) is 25.4 Å². The summed E-state index contributed by atoms with van der Waals surface area (Å²) in [5, 5.41) is 2.98. The van der Waals surface area contributed by atoms with Gasteiger partial charge in [-0.3, -0.25) is 4.79 Å². The highest BCUT2D eigenvalue weighted by atomic mass is 16.1. The highest BCUT2D eigenvalue weighted by Gasteiger charge is 2.09. The molecule has 0 unspecified atom stereocenters. The van der Waals surface area contributed by atoms with E-state index in [1.54, 1.807) is 6.33 Å². The quantitative estimate of drug-likeness (QED) is 0.467. The van der Waals surface area contributed by atoms with E-state index in [1.165, 1.54) is 0 Å². The number of fused-ring (bicyclic) bond motifs is 2. The lowest BCUT2D eigenvalue weighted by atomic mass is 10.2. The fourth-order valence-electron chi connectivity index (χ4n) is 3.47. The summed E-state index contributed by atoms with van der Waals surface area (Å²) >= 11 is 0. The number of anilines is 1. The van der Waals surface area contributed by atoms with E-state index >= 15 is 0 Å². The van der Waals surface area contributed by atoms with Gasteiger partial charge in [0, 0.05) is 24.2 Å². The Kier molecular flexibility index (Phi) is 4.29. The minimum atomic E-state index is -0.0375. The molecule has 3 aromatic carbocycles. The van der Waals surface area contributed by atoms with E-state index in [0.29, 0.717) is 13.0 Å². The molecule has 29 heavy (non-hydrogen) atoms. The number of carbonyl (C=O) groups excluding carboxylic acids is 1. The smallest absolute Gasteiger partial charge is 0.226 e. The number of carbonyl (C=O) groups is 1. The van der Waals surface area contributed by atoms with Gasteiger partial charge >= 0.3 is 0 Å². The maximum atomic E-state index is 12.5. The first kappa shape index (κ1) is 17.2. The van der Waals surface area contributed by atoms with E-state index in [2.05, 4.69) is 20.3 Å². The second-order valence-electron chi connectivity index (χ2n) is 6.91. The summed E-state index contributed by atoms with van der Waals surface area (Å²) < 4.78 is 2.00. The van der Waals surface area contributed by atoms with E-state index < -0.39 is 0 Å². The van der Waals surface area contributed by atoms with Crippen molar-refractivity contribution in [1.29, 1.82) is 0 Å². The second-order valence-corrected chi connectivity index (χ2v) is 6.91. The monoisotopic (exact) mass is 381 g/mol. The molecule has 0 spiro atoms. The summed E-state index contributed by atoms with van der Waals surface area (Å²) in [6, 6.07) is 23.5. The van der Waals surface area contributed by atoms with Crippen LogP contribution < -0.4 is 5.32 Å². The molecule has 0 fully saturated rings. The van der Waals surface area contributed by atoms with Crippen LogP contribution in [0.1, 0.15) is 6.42 Å². The molecule has 2 aromatic heterocycles. The third kappa shape index (κ3) is 3.48. The number of hydrogen-bond acceptors (Lipinski definition) is 3. The van der Waals surface area contributed by atoms with E-state index in [-0.39, 0.29) is 5.91 Å². The molecule has 1 amide bonds. The molecule has 6 nitrogen and oxygen atoms in total. The Morgan fingerprint density at radius 1 is 0.966 bits per heavy atom. The average Bonchev–Trinajstić information content (AvgIpc) is 3.37. The fraction of sp³-hybridized carbons (Fsp3) is 0.0870. The molecule has 5 aromatic rings. The minimum Gasteiger partial charge on any atom is -0.338 e. The van der Waals surface area contributed by atoms with Crippen molar-refractivity contribution in [2.75, 3.05) is 5.32 Å². The first-order valence-electron chi connectivity index (χ1n) is 9.51. The number of nitrogens with zero attached hydrogens (tertiary/aromatic N) is 3. The van der Waals surface area contributed by atoms with Crippen molar-refractivity contribution >= 4 is 33.7 Å². The zero-order valence-electron chi connectivity index (χ0n) is 15.7. The number of aryl methyl sites for hydroxylation is 1. The first-order valence-corrected chi connectivity index (χ1v) is 9.51.